The molecule has 1 aliphatic rings. The van der Waals surface area contributed by atoms with Crippen LogP contribution in [0.5, 0.6) is 5.75 Å². The zero-order valence-corrected chi connectivity index (χ0v) is 13.7. The number of hydrogen-bond donors (Lipinski definition) is 1. The highest BCUT2D eigenvalue weighted by Gasteiger charge is 2.21. The number of benzene rings is 1. The van der Waals surface area contributed by atoms with Crippen molar-refractivity contribution in [2.24, 2.45) is 0 Å². The van der Waals surface area contributed by atoms with Gasteiger partial charge in [0.05, 0.1) is 12.1 Å². The molecule has 0 fully saturated rings. The number of rotatable bonds is 2. The summed E-state index contributed by atoms with van der Waals surface area (Å²) in [6.45, 7) is 5.12. The van der Waals surface area contributed by atoms with Gasteiger partial charge in [0, 0.05) is 6.20 Å². The van der Waals surface area contributed by atoms with Crippen LogP contribution in [0.3, 0.4) is 0 Å². The summed E-state index contributed by atoms with van der Waals surface area (Å²) in [7, 11) is 0. The van der Waals surface area contributed by atoms with E-state index in [9.17, 15) is 4.79 Å². The van der Waals surface area contributed by atoms with E-state index in [1.165, 1.54) is 0 Å². The summed E-state index contributed by atoms with van der Waals surface area (Å²) < 4.78 is 7.54. The van der Waals surface area contributed by atoms with Crippen LogP contribution in [0.1, 0.15) is 32.6 Å². The van der Waals surface area contributed by atoms with Gasteiger partial charge < -0.3 is 10.1 Å². The maximum absolute atomic E-state index is 12.3. The Morgan fingerprint density at radius 2 is 2.17 bits per heavy atom. The number of fused-ring (bicyclic) bond motifs is 2. The SMILES string of the molecule is Cc1c(Cc2ccc3ncnn3c2)cc2c(c1C)OCCNC2=O. The standard InChI is InChI=1S/C18H18N4O2/c1-11-12(2)17-15(18(23)19-5-6-24-17)8-14(11)7-13-3-4-16-20-10-21-22(16)9-13/h3-4,8-10H,5-7H2,1-2H3,(H,19,23). The van der Waals surface area contributed by atoms with Crippen molar-refractivity contribution in [1.82, 2.24) is 19.9 Å². The molecule has 0 saturated heterocycles. The van der Waals surface area contributed by atoms with Crippen LogP contribution in [-0.2, 0) is 6.42 Å². The van der Waals surface area contributed by atoms with E-state index < -0.39 is 0 Å². The normalized spacial score (nSPS) is 14.0. The largest absolute Gasteiger partial charge is 0.491 e. The van der Waals surface area contributed by atoms with E-state index in [1.807, 2.05) is 31.3 Å². The maximum Gasteiger partial charge on any atom is 0.255 e. The molecule has 1 amide bonds. The van der Waals surface area contributed by atoms with Crippen LogP contribution in [0.4, 0.5) is 0 Å². The molecular formula is C18H18N4O2. The fourth-order valence-electron chi connectivity index (χ4n) is 3.10. The number of pyridine rings is 1. The lowest BCUT2D eigenvalue weighted by Crippen LogP contribution is -2.24. The van der Waals surface area contributed by atoms with Gasteiger partial charge in [0.1, 0.15) is 18.7 Å². The van der Waals surface area contributed by atoms with Crippen molar-refractivity contribution < 1.29 is 9.53 Å². The molecule has 6 nitrogen and oxygen atoms in total. The Hall–Kier alpha value is -2.89. The predicted octanol–water partition coefficient (Wildman–Crippen LogP) is 2.06. The molecule has 1 aromatic carbocycles. The Kier molecular flexibility index (Phi) is 3.45. The van der Waals surface area contributed by atoms with E-state index >= 15 is 0 Å². The van der Waals surface area contributed by atoms with Crippen molar-refractivity contribution >= 4 is 11.6 Å². The van der Waals surface area contributed by atoms with Crippen molar-refractivity contribution in [1.29, 1.82) is 0 Å². The number of amides is 1. The summed E-state index contributed by atoms with van der Waals surface area (Å²) in [6.07, 6.45) is 4.24. The van der Waals surface area contributed by atoms with Gasteiger partial charge in [-0.25, -0.2) is 9.50 Å². The summed E-state index contributed by atoms with van der Waals surface area (Å²) in [6, 6.07) is 5.94. The van der Waals surface area contributed by atoms with Crippen LogP contribution in [0.2, 0.25) is 0 Å². The van der Waals surface area contributed by atoms with E-state index in [2.05, 4.69) is 22.3 Å². The van der Waals surface area contributed by atoms with Gasteiger partial charge in [-0.3, -0.25) is 4.79 Å². The molecule has 6 heteroatoms. The van der Waals surface area contributed by atoms with Crippen LogP contribution >= 0.6 is 0 Å². The molecule has 24 heavy (non-hydrogen) atoms. The van der Waals surface area contributed by atoms with E-state index in [0.29, 0.717) is 24.5 Å². The second kappa shape index (κ2) is 5.63. The number of carbonyl (C=O) groups is 1. The molecule has 0 atom stereocenters. The molecule has 0 aliphatic carbocycles. The van der Waals surface area contributed by atoms with Crippen LogP contribution < -0.4 is 10.1 Å². The Labute approximate surface area is 139 Å². The van der Waals surface area contributed by atoms with E-state index in [0.717, 1.165) is 34.3 Å². The molecule has 3 heterocycles. The van der Waals surface area contributed by atoms with Crippen LogP contribution in [-0.4, -0.2) is 33.7 Å². The van der Waals surface area contributed by atoms with Gasteiger partial charge >= 0.3 is 0 Å². The summed E-state index contributed by atoms with van der Waals surface area (Å²) >= 11 is 0. The Morgan fingerprint density at radius 1 is 1.29 bits per heavy atom. The third-order valence-electron chi connectivity index (χ3n) is 4.56. The van der Waals surface area contributed by atoms with E-state index in [-0.39, 0.29) is 5.91 Å². The lowest BCUT2D eigenvalue weighted by Gasteiger charge is -2.16. The summed E-state index contributed by atoms with van der Waals surface area (Å²) in [5.41, 5.74) is 5.86. The molecule has 0 radical (unpaired) electrons. The fraction of sp³-hybridized carbons (Fsp3) is 0.278. The lowest BCUT2D eigenvalue weighted by atomic mass is 9.94. The average Bonchev–Trinajstić information content (AvgIpc) is 2.96. The fourth-order valence-corrected chi connectivity index (χ4v) is 3.10. The summed E-state index contributed by atoms with van der Waals surface area (Å²) in [5, 5.41) is 7.05. The van der Waals surface area contributed by atoms with Gasteiger partial charge in [0.15, 0.2) is 5.65 Å². The number of hydrogen-bond acceptors (Lipinski definition) is 4. The molecule has 0 bridgehead atoms. The number of carbonyl (C=O) groups excluding carboxylic acids is 1. The van der Waals surface area contributed by atoms with Crippen molar-refractivity contribution in [3.05, 3.63) is 58.5 Å². The molecule has 4 rings (SSSR count). The molecule has 1 N–H and O–H groups in total. The maximum atomic E-state index is 12.3. The minimum Gasteiger partial charge on any atom is -0.491 e. The molecule has 2 aromatic heterocycles. The minimum absolute atomic E-state index is 0.0708. The lowest BCUT2D eigenvalue weighted by molar-refractivity contribution is 0.0957. The van der Waals surface area contributed by atoms with Gasteiger partial charge in [0.25, 0.3) is 5.91 Å². The first-order valence-corrected chi connectivity index (χ1v) is 7.96. The molecule has 0 saturated carbocycles. The number of nitrogens with one attached hydrogen (secondary N) is 1. The van der Waals surface area contributed by atoms with E-state index in [1.54, 1.807) is 10.8 Å². The number of aromatic nitrogens is 3. The Bertz CT molecular complexity index is 946. The monoisotopic (exact) mass is 322 g/mol. The van der Waals surface area contributed by atoms with Crippen molar-refractivity contribution in [2.45, 2.75) is 20.3 Å². The molecule has 1 aliphatic heterocycles. The summed E-state index contributed by atoms with van der Waals surface area (Å²) in [5.74, 6) is 0.636. The number of nitrogens with zero attached hydrogens (tertiary/aromatic N) is 3. The molecule has 122 valence electrons. The topological polar surface area (TPSA) is 68.5 Å². The molecular weight excluding hydrogens is 304 g/mol. The second-order valence-electron chi connectivity index (χ2n) is 6.04. The molecule has 3 aromatic rings. The second-order valence-corrected chi connectivity index (χ2v) is 6.04. The van der Waals surface area contributed by atoms with Crippen molar-refractivity contribution in [3.8, 4) is 5.75 Å². The first-order chi connectivity index (χ1) is 11.6. The molecule has 0 unspecified atom stereocenters. The van der Waals surface area contributed by atoms with Crippen LogP contribution in [0.15, 0.2) is 30.7 Å². The Balaban J connectivity index is 1.77. The van der Waals surface area contributed by atoms with Crippen LogP contribution in [0, 0.1) is 13.8 Å². The first-order valence-electron chi connectivity index (χ1n) is 7.96. The smallest absolute Gasteiger partial charge is 0.255 e. The zero-order valence-electron chi connectivity index (χ0n) is 13.7. The first kappa shape index (κ1) is 14.7. The quantitative estimate of drug-likeness (QED) is 0.784. The third kappa shape index (κ3) is 2.40. The zero-order chi connectivity index (χ0) is 16.7. The Morgan fingerprint density at radius 3 is 3.04 bits per heavy atom. The van der Waals surface area contributed by atoms with Crippen molar-refractivity contribution in [3.63, 3.8) is 0 Å². The highest BCUT2D eigenvalue weighted by Crippen LogP contribution is 2.31. The highest BCUT2D eigenvalue weighted by atomic mass is 16.5. The minimum atomic E-state index is -0.0708. The van der Waals surface area contributed by atoms with Gasteiger partial charge in [-0.2, -0.15) is 5.10 Å². The van der Waals surface area contributed by atoms with Crippen molar-refractivity contribution in [2.75, 3.05) is 13.2 Å². The average molecular weight is 322 g/mol. The van der Waals surface area contributed by atoms with Gasteiger partial charge in [-0.1, -0.05) is 6.07 Å². The van der Waals surface area contributed by atoms with Gasteiger partial charge in [0.2, 0.25) is 0 Å². The summed E-state index contributed by atoms with van der Waals surface area (Å²) in [4.78, 5) is 16.5. The van der Waals surface area contributed by atoms with Gasteiger partial charge in [-0.15, -0.1) is 0 Å². The van der Waals surface area contributed by atoms with E-state index in [4.69, 9.17) is 4.74 Å². The van der Waals surface area contributed by atoms with Gasteiger partial charge in [-0.05, 0) is 54.7 Å². The highest BCUT2D eigenvalue weighted by molar-refractivity contribution is 5.98. The van der Waals surface area contributed by atoms with Crippen LogP contribution in [0.25, 0.3) is 5.65 Å². The molecule has 0 spiro atoms. The number of ether oxygens (including phenoxy) is 1. The predicted molar refractivity (Wildman–Crippen MR) is 89.5 cm³/mol. The third-order valence-corrected chi connectivity index (χ3v) is 4.56.